The minimum atomic E-state index is -3.57. The normalized spacial score (nSPS) is 19.3. The highest BCUT2D eigenvalue weighted by Gasteiger charge is 2.28. The highest BCUT2D eigenvalue weighted by molar-refractivity contribution is 7.89. The lowest BCUT2D eigenvalue weighted by Crippen LogP contribution is -2.31. The van der Waals surface area contributed by atoms with Crippen LogP contribution in [0.3, 0.4) is 0 Å². The summed E-state index contributed by atoms with van der Waals surface area (Å²) in [6.07, 6.45) is 2.64. The summed E-state index contributed by atoms with van der Waals surface area (Å²) in [4.78, 5) is 0.303. The minimum absolute atomic E-state index is 0.245. The van der Waals surface area contributed by atoms with Crippen molar-refractivity contribution < 1.29 is 17.9 Å². The summed E-state index contributed by atoms with van der Waals surface area (Å²) in [5, 5.41) is 0. The SMILES string of the molecule is Cc1cccc(S(=O)(=O)NC2CCCc3cc4c(cc32)OCCO4)c1. The van der Waals surface area contributed by atoms with Gasteiger partial charge in [-0.25, -0.2) is 13.1 Å². The molecule has 0 aromatic heterocycles. The molecule has 2 aromatic carbocycles. The number of aryl methyl sites for hydroxylation is 2. The zero-order valence-electron chi connectivity index (χ0n) is 14.1. The van der Waals surface area contributed by atoms with Gasteiger partial charge in [0.05, 0.1) is 4.90 Å². The Labute approximate surface area is 148 Å². The molecule has 132 valence electrons. The monoisotopic (exact) mass is 359 g/mol. The first kappa shape index (κ1) is 16.4. The number of sulfonamides is 1. The summed E-state index contributed by atoms with van der Waals surface area (Å²) >= 11 is 0. The summed E-state index contributed by atoms with van der Waals surface area (Å²) in [6, 6.07) is 10.7. The third-order valence-corrected chi connectivity index (χ3v) is 6.18. The van der Waals surface area contributed by atoms with Crippen molar-refractivity contribution in [3.63, 3.8) is 0 Å². The molecular formula is C19H21NO4S. The second-order valence-corrected chi connectivity index (χ2v) is 8.29. The van der Waals surface area contributed by atoms with Crippen molar-refractivity contribution in [2.24, 2.45) is 0 Å². The summed E-state index contributed by atoms with van der Waals surface area (Å²) in [5.41, 5.74) is 3.05. The third-order valence-electron chi connectivity index (χ3n) is 4.72. The summed E-state index contributed by atoms with van der Waals surface area (Å²) in [6.45, 7) is 2.96. The average Bonchev–Trinajstić information content (AvgIpc) is 2.60. The molecule has 2 aliphatic rings. The highest BCUT2D eigenvalue weighted by Crippen LogP contribution is 2.40. The Morgan fingerprint density at radius 2 is 1.84 bits per heavy atom. The molecule has 0 fully saturated rings. The van der Waals surface area contributed by atoms with Crippen LogP contribution in [0.25, 0.3) is 0 Å². The zero-order valence-corrected chi connectivity index (χ0v) is 14.9. The standard InChI is InChI=1S/C19H21NO4S/c1-13-4-2-6-15(10-13)25(21,22)20-17-7-3-5-14-11-18-19(12-16(14)17)24-9-8-23-18/h2,4,6,10-12,17,20H,3,5,7-9H2,1H3. The number of hydrogen-bond donors (Lipinski definition) is 1. The molecule has 4 rings (SSSR count). The number of benzene rings is 2. The van der Waals surface area contributed by atoms with E-state index in [0.717, 1.165) is 41.7 Å². The number of hydrogen-bond acceptors (Lipinski definition) is 4. The van der Waals surface area contributed by atoms with Gasteiger partial charge in [-0.15, -0.1) is 0 Å². The van der Waals surface area contributed by atoms with Gasteiger partial charge in [-0.3, -0.25) is 0 Å². The van der Waals surface area contributed by atoms with Crippen LogP contribution in [0, 0.1) is 6.92 Å². The van der Waals surface area contributed by atoms with Crippen LogP contribution in [0.1, 0.15) is 35.6 Å². The van der Waals surface area contributed by atoms with Crippen molar-refractivity contribution in [1.29, 1.82) is 0 Å². The fourth-order valence-corrected chi connectivity index (χ4v) is 4.85. The largest absolute Gasteiger partial charge is 0.486 e. The van der Waals surface area contributed by atoms with E-state index < -0.39 is 10.0 Å². The molecule has 5 nitrogen and oxygen atoms in total. The van der Waals surface area contributed by atoms with E-state index in [4.69, 9.17) is 9.47 Å². The first-order valence-electron chi connectivity index (χ1n) is 8.54. The Balaban J connectivity index is 1.67. The molecule has 0 amide bonds. The molecule has 1 aliphatic carbocycles. The molecule has 0 saturated heterocycles. The van der Waals surface area contributed by atoms with Gasteiger partial charge < -0.3 is 9.47 Å². The molecule has 6 heteroatoms. The van der Waals surface area contributed by atoms with Crippen molar-refractivity contribution >= 4 is 10.0 Å². The van der Waals surface area contributed by atoms with Gasteiger partial charge in [-0.05, 0) is 67.1 Å². The van der Waals surface area contributed by atoms with E-state index in [1.165, 1.54) is 0 Å². The molecule has 1 heterocycles. The maximum atomic E-state index is 12.8. The summed E-state index contributed by atoms with van der Waals surface area (Å²) < 4.78 is 39.8. The lowest BCUT2D eigenvalue weighted by atomic mass is 9.88. The Morgan fingerprint density at radius 1 is 1.08 bits per heavy atom. The smallest absolute Gasteiger partial charge is 0.241 e. The Kier molecular flexibility index (Phi) is 4.17. The van der Waals surface area contributed by atoms with Gasteiger partial charge in [0, 0.05) is 6.04 Å². The molecule has 2 aromatic rings. The van der Waals surface area contributed by atoms with Gasteiger partial charge in [0.1, 0.15) is 13.2 Å². The van der Waals surface area contributed by atoms with Crippen LogP contribution in [0.2, 0.25) is 0 Å². The third kappa shape index (κ3) is 3.24. The lowest BCUT2D eigenvalue weighted by Gasteiger charge is -2.29. The summed E-state index contributed by atoms with van der Waals surface area (Å²) in [7, 11) is -3.57. The van der Waals surface area contributed by atoms with Gasteiger partial charge >= 0.3 is 0 Å². The van der Waals surface area contributed by atoms with E-state index in [0.29, 0.717) is 23.9 Å². The number of fused-ring (bicyclic) bond motifs is 2. The lowest BCUT2D eigenvalue weighted by molar-refractivity contribution is 0.171. The van der Waals surface area contributed by atoms with E-state index in [2.05, 4.69) is 4.72 Å². The maximum absolute atomic E-state index is 12.8. The Hall–Kier alpha value is -2.05. The molecular weight excluding hydrogens is 338 g/mol. The van der Waals surface area contributed by atoms with E-state index in [1.807, 2.05) is 25.1 Å². The highest BCUT2D eigenvalue weighted by atomic mass is 32.2. The molecule has 1 unspecified atom stereocenters. The van der Waals surface area contributed by atoms with Crippen LogP contribution in [0.4, 0.5) is 0 Å². The average molecular weight is 359 g/mol. The van der Waals surface area contributed by atoms with Crippen LogP contribution < -0.4 is 14.2 Å². The van der Waals surface area contributed by atoms with Crippen molar-refractivity contribution in [1.82, 2.24) is 4.72 Å². The molecule has 1 N–H and O–H groups in total. The molecule has 0 radical (unpaired) electrons. The van der Waals surface area contributed by atoms with E-state index in [9.17, 15) is 8.42 Å². The second kappa shape index (κ2) is 6.35. The first-order chi connectivity index (χ1) is 12.0. The van der Waals surface area contributed by atoms with E-state index in [1.54, 1.807) is 18.2 Å². The van der Waals surface area contributed by atoms with Gasteiger partial charge in [-0.1, -0.05) is 12.1 Å². The zero-order chi connectivity index (χ0) is 17.4. The predicted molar refractivity (Wildman–Crippen MR) is 94.6 cm³/mol. The molecule has 0 saturated carbocycles. The number of rotatable bonds is 3. The van der Waals surface area contributed by atoms with Crippen LogP contribution >= 0.6 is 0 Å². The molecule has 0 spiro atoms. The molecule has 25 heavy (non-hydrogen) atoms. The van der Waals surface area contributed by atoms with E-state index in [-0.39, 0.29) is 6.04 Å². The Bertz CT molecular complexity index is 908. The molecule has 0 bridgehead atoms. The number of nitrogens with one attached hydrogen (secondary N) is 1. The van der Waals surface area contributed by atoms with Crippen LogP contribution in [-0.2, 0) is 16.4 Å². The van der Waals surface area contributed by atoms with Gasteiger partial charge in [-0.2, -0.15) is 0 Å². The van der Waals surface area contributed by atoms with Crippen molar-refractivity contribution in [2.75, 3.05) is 13.2 Å². The van der Waals surface area contributed by atoms with Crippen molar-refractivity contribution in [3.8, 4) is 11.5 Å². The van der Waals surface area contributed by atoms with Crippen LogP contribution in [0.15, 0.2) is 41.3 Å². The van der Waals surface area contributed by atoms with Crippen molar-refractivity contribution in [3.05, 3.63) is 53.1 Å². The minimum Gasteiger partial charge on any atom is -0.486 e. The van der Waals surface area contributed by atoms with Crippen molar-refractivity contribution in [2.45, 2.75) is 37.1 Å². The maximum Gasteiger partial charge on any atom is 0.241 e. The van der Waals surface area contributed by atoms with Gasteiger partial charge in [0.2, 0.25) is 10.0 Å². The van der Waals surface area contributed by atoms with Crippen LogP contribution in [-0.4, -0.2) is 21.6 Å². The molecule has 1 aliphatic heterocycles. The quantitative estimate of drug-likeness (QED) is 0.914. The fourth-order valence-electron chi connectivity index (χ4n) is 3.50. The number of ether oxygens (including phenoxy) is 2. The summed E-state index contributed by atoms with van der Waals surface area (Å²) in [5.74, 6) is 1.46. The van der Waals surface area contributed by atoms with E-state index >= 15 is 0 Å². The second-order valence-electron chi connectivity index (χ2n) is 6.58. The Morgan fingerprint density at radius 3 is 2.60 bits per heavy atom. The predicted octanol–water partition coefficient (Wildman–Crippen LogP) is 3.12. The fraction of sp³-hybridized carbons (Fsp3) is 0.368. The van der Waals surface area contributed by atoms with Crippen LogP contribution in [0.5, 0.6) is 11.5 Å². The van der Waals surface area contributed by atoms with Gasteiger partial charge in [0.15, 0.2) is 11.5 Å². The topological polar surface area (TPSA) is 64.6 Å². The molecule has 1 atom stereocenters. The first-order valence-corrected chi connectivity index (χ1v) is 10.0. The van der Waals surface area contributed by atoms with Gasteiger partial charge in [0.25, 0.3) is 0 Å².